The third kappa shape index (κ3) is 5.50. The van der Waals surface area contributed by atoms with Gasteiger partial charge in [-0.25, -0.2) is 14.2 Å². The van der Waals surface area contributed by atoms with Crippen LogP contribution in [0.1, 0.15) is 43.5 Å². The minimum atomic E-state index is -0.585. The molecule has 1 saturated heterocycles. The van der Waals surface area contributed by atoms with E-state index in [1.807, 2.05) is 38.7 Å². The average molecular weight is 633 g/mol. The number of carbonyl (C=O) groups excluding carboxylic acids is 1. The second kappa shape index (κ2) is 12.1. The van der Waals surface area contributed by atoms with Crippen molar-refractivity contribution in [3.63, 3.8) is 0 Å². The van der Waals surface area contributed by atoms with E-state index >= 15 is 4.39 Å². The number of piperazine rings is 1. The van der Waals surface area contributed by atoms with Gasteiger partial charge in [-0.2, -0.15) is 4.98 Å². The molecule has 1 aromatic carbocycles. The van der Waals surface area contributed by atoms with E-state index in [2.05, 4.69) is 16.5 Å². The summed E-state index contributed by atoms with van der Waals surface area (Å²) in [6.45, 7) is 13.6. The molecule has 12 heteroatoms. The molecule has 1 fully saturated rings. The van der Waals surface area contributed by atoms with Gasteiger partial charge in [-0.05, 0) is 61.2 Å². The Hall–Kier alpha value is -4.51. The maximum absolute atomic E-state index is 15.5. The summed E-state index contributed by atoms with van der Waals surface area (Å²) in [5.41, 5.74) is 2.65. The molecule has 0 N–H and O–H groups in total. The average Bonchev–Trinajstić information content (AvgIpc) is 3.02. The number of carbonyl (C=O) groups is 1. The van der Waals surface area contributed by atoms with Gasteiger partial charge in [0.05, 0.1) is 28.2 Å². The lowest BCUT2D eigenvalue weighted by atomic mass is 9.99. The Kier molecular flexibility index (Phi) is 8.22. The first-order chi connectivity index (χ1) is 21.6. The second-order valence-electron chi connectivity index (χ2n) is 11.6. The summed E-state index contributed by atoms with van der Waals surface area (Å²) in [6, 6.07) is 6.20. The van der Waals surface area contributed by atoms with Crippen molar-refractivity contribution in [1.29, 1.82) is 0 Å². The van der Waals surface area contributed by atoms with E-state index in [1.165, 1.54) is 22.8 Å². The fraction of sp³-hybridized carbons (Fsp3) is 0.364. The lowest BCUT2D eigenvalue weighted by Crippen LogP contribution is -2.54. The highest BCUT2D eigenvalue weighted by molar-refractivity contribution is 6.34. The first kappa shape index (κ1) is 30.5. The van der Waals surface area contributed by atoms with E-state index in [0.717, 1.165) is 16.8 Å². The van der Waals surface area contributed by atoms with Crippen LogP contribution in [-0.4, -0.2) is 69.2 Å². The number of rotatable bonds is 6. The Morgan fingerprint density at radius 1 is 1.20 bits per heavy atom. The molecule has 1 atom stereocenters. The lowest BCUT2D eigenvalue weighted by molar-refractivity contribution is -0.126. The molecule has 5 heterocycles. The summed E-state index contributed by atoms with van der Waals surface area (Å²) >= 11 is 6.89. The molecule has 10 nitrogen and oxygen atoms in total. The quantitative estimate of drug-likeness (QED) is 0.270. The number of aryl methyl sites for hydroxylation is 1. The molecule has 0 saturated carbocycles. The molecule has 0 spiro atoms. The van der Waals surface area contributed by atoms with Crippen molar-refractivity contribution in [3.8, 4) is 22.8 Å². The van der Waals surface area contributed by atoms with Gasteiger partial charge in [0.25, 0.3) is 0 Å². The Labute approximate surface area is 265 Å². The number of aromatic nitrogens is 4. The highest BCUT2D eigenvalue weighted by Crippen LogP contribution is 2.44. The third-order valence-corrected chi connectivity index (χ3v) is 8.64. The molecule has 4 aromatic rings. The summed E-state index contributed by atoms with van der Waals surface area (Å²) in [7, 11) is 0. The Morgan fingerprint density at radius 3 is 2.71 bits per heavy atom. The van der Waals surface area contributed by atoms with Crippen LogP contribution in [0.5, 0.6) is 11.5 Å². The van der Waals surface area contributed by atoms with E-state index < -0.39 is 11.5 Å². The van der Waals surface area contributed by atoms with Gasteiger partial charge in [0, 0.05) is 37.6 Å². The van der Waals surface area contributed by atoms with Crippen molar-refractivity contribution >= 4 is 34.4 Å². The summed E-state index contributed by atoms with van der Waals surface area (Å²) in [5, 5.41) is 0.680. The highest BCUT2D eigenvalue weighted by Gasteiger charge is 2.31. The molecule has 45 heavy (non-hydrogen) atoms. The Balaban J connectivity index is 1.59. The van der Waals surface area contributed by atoms with Crippen LogP contribution < -0.4 is 20.1 Å². The fourth-order valence-electron chi connectivity index (χ4n) is 6.07. The van der Waals surface area contributed by atoms with Crippen molar-refractivity contribution < 1.29 is 18.7 Å². The van der Waals surface area contributed by atoms with Gasteiger partial charge in [-0.15, -0.1) is 0 Å². The Morgan fingerprint density at radius 2 is 1.98 bits per heavy atom. The Bertz CT molecular complexity index is 1890. The number of halogens is 2. The first-order valence-corrected chi connectivity index (χ1v) is 15.3. The number of benzene rings is 1. The molecule has 0 aliphatic carbocycles. The standard InChI is InChI=1S/C33H34ClFN6O4/c1-6-26(42)39-11-12-40(20(5)16-39)32-21-15-23(34)29(27-24(35)7-8-25-30(27)45-14-13-44-25)37-31(21)41(33(43)38-32)17-22-19(4)9-10-36-28(22)18(2)3/h6-10,15,18,20H,1,11-14,16-17H2,2-5H3/t20-/m0/s1. The molecule has 1 amide bonds. The molecular weight excluding hydrogens is 599 g/mol. The van der Waals surface area contributed by atoms with Gasteiger partial charge in [-0.1, -0.05) is 32.0 Å². The minimum absolute atomic E-state index is 0.0572. The smallest absolute Gasteiger partial charge is 0.351 e. The number of amides is 1. The third-order valence-electron chi connectivity index (χ3n) is 8.35. The number of anilines is 1. The predicted octanol–water partition coefficient (Wildman–Crippen LogP) is 5.12. The first-order valence-electron chi connectivity index (χ1n) is 14.9. The number of hydrogen-bond acceptors (Lipinski definition) is 8. The zero-order valence-electron chi connectivity index (χ0n) is 25.6. The summed E-state index contributed by atoms with van der Waals surface area (Å²) in [4.78, 5) is 44.1. The topological polar surface area (TPSA) is 103 Å². The molecule has 0 radical (unpaired) electrons. The van der Waals surface area contributed by atoms with Crippen LogP contribution in [0.2, 0.25) is 5.02 Å². The molecule has 3 aromatic heterocycles. The van der Waals surface area contributed by atoms with E-state index in [4.69, 9.17) is 26.1 Å². The van der Waals surface area contributed by atoms with Crippen molar-refractivity contribution in [2.75, 3.05) is 37.7 Å². The number of hydrogen-bond donors (Lipinski definition) is 0. The van der Waals surface area contributed by atoms with Crippen LogP contribution in [0, 0.1) is 12.7 Å². The van der Waals surface area contributed by atoms with Crippen LogP contribution in [0.15, 0.2) is 47.9 Å². The van der Waals surface area contributed by atoms with Crippen molar-refractivity contribution in [2.24, 2.45) is 0 Å². The number of nitrogens with zero attached hydrogens (tertiary/aromatic N) is 6. The summed E-state index contributed by atoms with van der Waals surface area (Å²) in [5.74, 6) is 0.350. The normalized spacial score (nSPS) is 16.4. The number of pyridine rings is 2. The predicted molar refractivity (Wildman–Crippen MR) is 171 cm³/mol. The van der Waals surface area contributed by atoms with Gasteiger partial charge >= 0.3 is 5.69 Å². The van der Waals surface area contributed by atoms with Crippen LogP contribution in [0.4, 0.5) is 10.2 Å². The van der Waals surface area contributed by atoms with Gasteiger partial charge in [0.15, 0.2) is 11.5 Å². The molecule has 2 aliphatic rings. The maximum atomic E-state index is 15.5. The van der Waals surface area contributed by atoms with E-state index in [1.54, 1.807) is 17.2 Å². The summed E-state index contributed by atoms with van der Waals surface area (Å²) in [6.07, 6.45) is 3.05. The lowest BCUT2D eigenvalue weighted by Gasteiger charge is -2.40. The minimum Gasteiger partial charge on any atom is -0.486 e. The van der Waals surface area contributed by atoms with Crippen molar-refractivity contribution in [2.45, 2.75) is 46.2 Å². The van der Waals surface area contributed by atoms with Gasteiger partial charge in [0.2, 0.25) is 5.91 Å². The van der Waals surface area contributed by atoms with Crippen LogP contribution in [0.25, 0.3) is 22.3 Å². The van der Waals surface area contributed by atoms with E-state index in [0.29, 0.717) is 43.2 Å². The zero-order valence-corrected chi connectivity index (χ0v) is 26.4. The van der Waals surface area contributed by atoms with Crippen LogP contribution >= 0.6 is 11.6 Å². The van der Waals surface area contributed by atoms with E-state index in [-0.39, 0.29) is 58.7 Å². The number of fused-ring (bicyclic) bond motifs is 2. The monoisotopic (exact) mass is 632 g/mol. The van der Waals surface area contributed by atoms with Crippen molar-refractivity contribution in [3.05, 3.63) is 81.3 Å². The zero-order chi connectivity index (χ0) is 32.0. The molecule has 0 bridgehead atoms. The van der Waals surface area contributed by atoms with Gasteiger partial charge < -0.3 is 19.3 Å². The molecule has 2 aliphatic heterocycles. The maximum Gasteiger partial charge on any atom is 0.351 e. The van der Waals surface area contributed by atoms with Crippen molar-refractivity contribution in [1.82, 2.24) is 24.4 Å². The molecule has 234 valence electrons. The summed E-state index contributed by atoms with van der Waals surface area (Å²) < 4.78 is 28.6. The van der Waals surface area contributed by atoms with Crippen LogP contribution in [0.3, 0.4) is 0 Å². The largest absolute Gasteiger partial charge is 0.486 e. The molecule has 0 unspecified atom stereocenters. The molecule has 6 rings (SSSR count). The molecular formula is C33H34ClFN6O4. The van der Waals surface area contributed by atoms with Gasteiger partial charge in [-0.3, -0.25) is 14.3 Å². The highest BCUT2D eigenvalue weighted by atomic mass is 35.5. The fourth-order valence-corrected chi connectivity index (χ4v) is 6.32. The van der Waals surface area contributed by atoms with Crippen LogP contribution in [-0.2, 0) is 11.3 Å². The van der Waals surface area contributed by atoms with E-state index in [9.17, 15) is 9.59 Å². The number of ether oxygens (including phenoxy) is 2. The second-order valence-corrected chi connectivity index (χ2v) is 12.0. The SMILES string of the molecule is C=CC(=O)N1CCN(c2nc(=O)n(Cc3c(C)ccnc3C(C)C)c3nc(-c4c(F)ccc5c4OCCO5)c(Cl)cc23)[C@@H](C)C1. The van der Waals surface area contributed by atoms with Gasteiger partial charge in [0.1, 0.15) is 30.5 Å².